The largest absolute Gasteiger partial charge is 0.454 e. The zero-order chi connectivity index (χ0) is 13.2. The van der Waals surface area contributed by atoms with Gasteiger partial charge in [0.15, 0.2) is 11.5 Å². The average Bonchev–Trinajstić information content (AvgIpc) is 2.86. The van der Waals surface area contributed by atoms with Crippen LogP contribution >= 0.6 is 0 Å². The van der Waals surface area contributed by atoms with E-state index < -0.39 is 5.91 Å². The van der Waals surface area contributed by atoms with Crippen molar-refractivity contribution in [2.24, 2.45) is 5.73 Å². The molecule has 19 heavy (non-hydrogen) atoms. The van der Waals surface area contributed by atoms with Crippen LogP contribution in [0, 0.1) is 0 Å². The van der Waals surface area contributed by atoms with E-state index in [1.54, 1.807) is 30.5 Å². The summed E-state index contributed by atoms with van der Waals surface area (Å²) >= 11 is 0. The Morgan fingerprint density at radius 3 is 2.95 bits per heavy atom. The molecule has 0 saturated carbocycles. The van der Waals surface area contributed by atoms with Gasteiger partial charge in [-0.1, -0.05) is 0 Å². The maximum Gasteiger partial charge on any atom is 0.252 e. The second-order valence-corrected chi connectivity index (χ2v) is 3.96. The summed E-state index contributed by atoms with van der Waals surface area (Å²) in [6, 6.07) is 8.65. The topological polar surface area (TPSA) is 86.5 Å². The molecule has 0 radical (unpaired) electrons. The van der Waals surface area contributed by atoms with Gasteiger partial charge in [-0.2, -0.15) is 0 Å². The smallest absolute Gasteiger partial charge is 0.252 e. The normalized spacial score (nSPS) is 12.2. The number of primary amides is 1. The molecule has 1 aliphatic rings. The average molecular weight is 257 g/mol. The molecule has 1 aromatic carbocycles. The number of pyridine rings is 1. The fraction of sp³-hybridized carbons (Fsp3) is 0.0769. The minimum Gasteiger partial charge on any atom is -0.454 e. The van der Waals surface area contributed by atoms with Crippen molar-refractivity contribution in [3.8, 4) is 11.5 Å². The molecule has 0 atom stereocenters. The summed E-state index contributed by atoms with van der Waals surface area (Å²) in [5.41, 5.74) is 6.37. The third-order valence-electron chi connectivity index (χ3n) is 2.71. The lowest BCUT2D eigenvalue weighted by Crippen LogP contribution is -2.14. The molecule has 6 heteroatoms. The summed E-state index contributed by atoms with van der Waals surface area (Å²) in [7, 11) is 0. The lowest BCUT2D eigenvalue weighted by molar-refractivity contribution is 0.100. The molecule has 1 aromatic heterocycles. The van der Waals surface area contributed by atoms with Gasteiger partial charge < -0.3 is 20.5 Å². The third-order valence-corrected chi connectivity index (χ3v) is 2.71. The molecule has 0 saturated heterocycles. The summed E-state index contributed by atoms with van der Waals surface area (Å²) in [5.74, 6) is 1.23. The molecule has 3 rings (SSSR count). The van der Waals surface area contributed by atoms with E-state index in [-0.39, 0.29) is 6.79 Å². The summed E-state index contributed by atoms with van der Waals surface area (Å²) < 4.78 is 10.5. The van der Waals surface area contributed by atoms with Crippen LogP contribution in [0.3, 0.4) is 0 Å². The zero-order valence-electron chi connectivity index (χ0n) is 9.92. The molecule has 1 aliphatic heterocycles. The molecule has 0 fully saturated rings. The maximum atomic E-state index is 11.3. The van der Waals surface area contributed by atoms with Crippen molar-refractivity contribution in [3.63, 3.8) is 0 Å². The number of anilines is 2. The number of carbonyl (C=O) groups excluding carboxylic acids is 1. The number of nitrogens with one attached hydrogen (secondary N) is 1. The predicted octanol–water partition coefficient (Wildman–Crippen LogP) is 1.65. The van der Waals surface area contributed by atoms with Crippen molar-refractivity contribution in [2.75, 3.05) is 12.1 Å². The third kappa shape index (κ3) is 2.15. The lowest BCUT2D eigenvalue weighted by Gasteiger charge is -2.09. The Labute approximate surface area is 109 Å². The van der Waals surface area contributed by atoms with Crippen LogP contribution in [0.1, 0.15) is 10.4 Å². The highest BCUT2D eigenvalue weighted by atomic mass is 16.7. The molecule has 0 spiro atoms. The summed E-state index contributed by atoms with van der Waals surface area (Å²) in [5, 5.41) is 3.04. The van der Waals surface area contributed by atoms with Gasteiger partial charge >= 0.3 is 0 Å². The van der Waals surface area contributed by atoms with Crippen molar-refractivity contribution < 1.29 is 14.3 Å². The number of hydrogen-bond donors (Lipinski definition) is 2. The zero-order valence-corrected chi connectivity index (χ0v) is 9.92. The number of carbonyl (C=O) groups is 1. The summed E-state index contributed by atoms with van der Waals surface area (Å²) in [6.45, 7) is 0.217. The number of aromatic nitrogens is 1. The molecule has 1 amide bonds. The highest BCUT2D eigenvalue weighted by Crippen LogP contribution is 2.35. The van der Waals surface area contributed by atoms with E-state index in [0.29, 0.717) is 22.9 Å². The Bertz CT molecular complexity index is 643. The fourth-order valence-electron chi connectivity index (χ4n) is 1.81. The first-order valence-corrected chi connectivity index (χ1v) is 5.65. The van der Waals surface area contributed by atoms with E-state index >= 15 is 0 Å². The molecule has 0 aliphatic carbocycles. The van der Waals surface area contributed by atoms with Crippen LogP contribution in [0.15, 0.2) is 36.5 Å². The van der Waals surface area contributed by atoms with Crippen LogP contribution in [-0.2, 0) is 0 Å². The van der Waals surface area contributed by atoms with Crippen LogP contribution in [0.5, 0.6) is 11.5 Å². The number of benzene rings is 1. The van der Waals surface area contributed by atoms with E-state index in [9.17, 15) is 4.79 Å². The minimum atomic E-state index is -0.531. The number of hydrogen-bond acceptors (Lipinski definition) is 5. The fourth-order valence-corrected chi connectivity index (χ4v) is 1.81. The molecule has 6 nitrogen and oxygen atoms in total. The second kappa shape index (κ2) is 4.49. The first kappa shape index (κ1) is 11.3. The number of ether oxygens (including phenoxy) is 2. The van der Waals surface area contributed by atoms with Gasteiger partial charge in [-0.05, 0) is 24.3 Å². The Kier molecular flexibility index (Phi) is 2.68. The van der Waals surface area contributed by atoms with Gasteiger partial charge in [0.05, 0.1) is 5.56 Å². The van der Waals surface area contributed by atoms with Crippen LogP contribution in [-0.4, -0.2) is 17.7 Å². The molecule has 96 valence electrons. The van der Waals surface area contributed by atoms with Gasteiger partial charge in [0.25, 0.3) is 5.91 Å². The van der Waals surface area contributed by atoms with Gasteiger partial charge in [-0.3, -0.25) is 4.79 Å². The second-order valence-electron chi connectivity index (χ2n) is 3.96. The molecular formula is C13H11N3O3. The van der Waals surface area contributed by atoms with Crippen LogP contribution < -0.4 is 20.5 Å². The predicted molar refractivity (Wildman–Crippen MR) is 68.6 cm³/mol. The van der Waals surface area contributed by atoms with Gasteiger partial charge in [0.2, 0.25) is 6.79 Å². The quantitative estimate of drug-likeness (QED) is 0.873. The monoisotopic (exact) mass is 257 g/mol. The molecular weight excluding hydrogens is 246 g/mol. The van der Waals surface area contributed by atoms with Crippen molar-refractivity contribution >= 4 is 17.4 Å². The van der Waals surface area contributed by atoms with E-state index in [1.807, 2.05) is 6.07 Å². The first-order chi connectivity index (χ1) is 9.24. The summed E-state index contributed by atoms with van der Waals surface area (Å²) in [6.07, 6.45) is 1.59. The van der Waals surface area contributed by atoms with E-state index in [1.165, 1.54) is 0 Å². The number of nitrogens with two attached hydrogens (primary N) is 1. The molecule has 2 aromatic rings. The van der Waals surface area contributed by atoms with Gasteiger partial charge in [0, 0.05) is 18.0 Å². The van der Waals surface area contributed by atoms with E-state index in [4.69, 9.17) is 15.2 Å². The Balaban J connectivity index is 1.91. The Morgan fingerprint density at radius 1 is 1.26 bits per heavy atom. The minimum absolute atomic E-state index is 0.217. The van der Waals surface area contributed by atoms with E-state index in [2.05, 4.69) is 10.3 Å². The van der Waals surface area contributed by atoms with Crippen LogP contribution in [0.2, 0.25) is 0 Å². The first-order valence-electron chi connectivity index (χ1n) is 5.65. The molecule has 0 unspecified atom stereocenters. The van der Waals surface area contributed by atoms with E-state index in [0.717, 1.165) is 5.69 Å². The van der Waals surface area contributed by atoms with Crippen LogP contribution in [0.25, 0.3) is 0 Å². The molecule has 0 bridgehead atoms. The lowest BCUT2D eigenvalue weighted by atomic mass is 10.2. The Hall–Kier alpha value is -2.76. The number of nitrogens with zero attached hydrogens (tertiary/aromatic N) is 1. The van der Waals surface area contributed by atoms with Gasteiger partial charge in [-0.25, -0.2) is 4.98 Å². The highest BCUT2D eigenvalue weighted by molar-refractivity contribution is 5.98. The number of rotatable bonds is 3. The Morgan fingerprint density at radius 2 is 2.11 bits per heavy atom. The van der Waals surface area contributed by atoms with Crippen molar-refractivity contribution in [1.82, 2.24) is 4.98 Å². The van der Waals surface area contributed by atoms with Crippen LogP contribution in [0.4, 0.5) is 11.5 Å². The van der Waals surface area contributed by atoms with Gasteiger partial charge in [0.1, 0.15) is 5.82 Å². The number of amides is 1. The standard InChI is InChI=1S/C13H11N3O3/c14-12(17)9-2-1-5-15-13(9)16-8-3-4-10-11(6-8)19-7-18-10/h1-6H,7H2,(H2,14,17)(H,15,16). The summed E-state index contributed by atoms with van der Waals surface area (Å²) in [4.78, 5) is 15.4. The molecule has 2 heterocycles. The number of fused-ring (bicyclic) bond motifs is 1. The SMILES string of the molecule is NC(=O)c1cccnc1Nc1ccc2c(c1)OCO2. The van der Waals surface area contributed by atoms with Gasteiger partial charge in [-0.15, -0.1) is 0 Å². The molecule has 3 N–H and O–H groups in total. The highest BCUT2D eigenvalue weighted by Gasteiger charge is 2.14. The van der Waals surface area contributed by atoms with Crippen molar-refractivity contribution in [3.05, 3.63) is 42.1 Å². The van der Waals surface area contributed by atoms with Crippen molar-refractivity contribution in [1.29, 1.82) is 0 Å². The van der Waals surface area contributed by atoms with Crippen molar-refractivity contribution in [2.45, 2.75) is 0 Å². The maximum absolute atomic E-state index is 11.3.